The Hall–Kier alpha value is -2.44. The van der Waals surface area contributed by atoms with E-state index in [9.17, 15) is 4.79 Å². The van der Waals surface area contributed by atoms with E-state index in [4.69, 9.17) is 16.3 Å². The summed E-state index contributed by atoms with van der Waals surface area (Å²) in [5.41, 5.74) is 5.03. The van der Waals surface area contributed by atoms with Crippen molar-refractivity contribution in [1.82, 2.24) is 9.80 Å². The number of likely N-dealkylation sites (N-methyl/N-ethyl adjacent to an activating group) is 1. The molecule has 2 aliphatic rings. The zero-order valence-electron chi connectivity index (χ0n) is 21.4. The van der Waals surface area contributed by atoms with Crippen LogP contribution in [-0.4, -0.2) is 81.7 Å². The molecule has 0 unspecified atom stereocenters. The third-order valence-electron chi connectivity index (χ3n) is 7.36. The summed E-state index contributed by atoms with van der Waals surface area (Å²) in [6.07, 6.45) is 2.28. The molecule has 4 rings (SSSR count). The molecule has 2 saturated heterocycles. The van der Waals surface area contributed by atoms with Crippen LogP contribution in [0.15, 0.2) is 36.4 Å². The number of anilines is 2. The lowest BCUT2D eigenvalue weighted by Crippen LogP contribution is -2.49. The largest absolute Gasteiger partial charge is 0.491 e. The summed E-state index contributed by atoms with van der Waals surface area (Å²) >= 11 is 6.28. The molecule has 0 saturated carbocycles. The van der Waals surface area contributed by atoms with E-state index in [1.54, 1.807) is 0 Å². The number of nitrogens with zero attached hydrogens (tertiary/aromatic N) is 4. The average Bonchev–Trinajstić information content (AvgIpc) is 2.87. The van der Waals surface area contributed by atoms with E-state index in [0.717, 1.165) is 81.7 Å². The Kier molecular flexibility index (Phi) is 8.79. The van der Waals surface area contributed by atoms with Gasteiger partial charge in [-0.15, -0.1) is 0 Å². The number of ether oxygens (including phenoxy) is 1. The number of hydrogen-bond donors (Lipinski definition) is 0. The Bertz CT molecular complexity index is 998. The number of hydrogen-bond acceptors (Lipinski definition) is 5. The van der Waals surface area contributed by atoms with Gasteiger partial charge in [0, 0.05) is 69.5 Å². The Labute approximate surface area is 215 Å². The molecular weight excluding hydrogens is 460 g/mol. The van der Waals surface area contributed by atoms with Crippen LogP contribution in [0.5, 0.6) is 5.75 Å². The summed E-state index contributed by atoms with van der Waals surface area (Å²) in [6, 6.07) is 12.3. The Morgan fingerprint density at radius 3 is 2.31 bits per heavy atom. The molecule has 2 aromatic rings. The number of carbonyl (C=O) groups excluding carboxylic acids is 1. The molecule has 7 heteroatoms. The van der Waals surface area contributed by atoms with E-state index in [1.165, 1.54) is 16.8 Å². The standard InChI is InChI=1S/C28H39ClN4O2/c1-22-7-6-8-25(23(22)2)31-16-18-33(19-17-31)28(34)9-4-5-20-35-27-11-10-24(29)21-26(27)32-14-12-30(3)13-15-32/h6-8,10-11,21H,4-5,9,12-20H2,1-3H3. The molecule has 190 valence electrons. The van der Waals surface area contributed by atoms with E-state index in [-0.39, 0.29) is 5.91 Å². The lowest BCUT2D eigenvalue weighted by Gasteiger charge is -2.37. The maximum absolute atomic E-state index is 12.8. The minimum atomic E-state index is 0.259. The zero-order chi connectivity index (χ0) is 24.8. The van der Waals surface area contributed by atoms with Gasteiger partial charge in [0.25, 0.3) is 0 Å². The topological polar surface area (TPSA) is 39.3 Å². The molecular formula is C28H39ClN4O2. The van der Waals surface area contributed by atoms with E-state index in [0.29, 0.717) is 13.0 Å². The molecule has 0 atom stereocenters. The van der Waals surface area contributed by atoms with Gasteiger partial charge in [-0.25, -0.2) is 0 Å². The SMILES string of the molecule is Cc1cccc(N2CCN(C(=O)CCCCOc3ccc(Cl)cc3N3CCN(C)CC3)CC2)c1C. The van der Waals surface area contributed by atoms with E-state index in [1.807, 2.05) is 23.1 Å². The van der Waals surface area contributed by atoms with E-state index in [2.05, 4.69) is 53.8 Å². The van der Waals surface area contributed by atoms with Crippen LogP contribution in [0.3, 0.4) is 0 Å². The van der Waals surface area contributed by atoms with E-state index >= 15 is 0 Å². The zero-order valence-corrected chi connectivity index (χ0v) is 22.2. The molecule has 1 amide bonds. The Balaban J connectivity index is 1.19. The van der Waals surface area contributed by atoms with Gasteiger partial charge >= 0.3 is 0 Å². The highest BCUT2D eigenvalue weighted by Gasteiger charge is 2.22. The number of unbranched alkanes of at least 4 members (excludes halogenated alkanes) is 1. The molecule has 35 heavy (non-hydrogen) atoms. The van der Waals surface area contributed by atoms with Gasteiger partial charge in [-0.05, 0) is 69.1 Å². The summed E-state index contributed by atoms with van der Waals surface area (Å²) in [6.45, 7) is 12.3. The molecule has 0 spiro atoms. The minimum Gasteiger partial charge on any atom is -0.491 e. The molecule has 0 aliphatic carbocycles. The number of amides is 1. The van der Waals surface area contributed by atoms with Gasteiger partial charge in [0.1, 0.15) is 5.75 Å². The fourth-order valence-electron chi connectivity index (χ4n) is 4.90. The van der Waals surface area contributed by atoms with Crippen molar-refractivity contribution in [2.45, 2.75) is 33.1 Å². The monoisotopic (exact) mass is 498 g/mol. The molecule has 2 fully saturated rings. The maximum Gasteiger partial charge on any atom is 0.222 e. The number of carbonyl (C=O) groups is 1. The average molecular weight is 499 g/mol. The second-order valence-corrected chi connectivity index (χ2v) is 10.2. The van der Waals surface area contributed by atoms with Gasteiger partial charge in [-0.2, -0.15) is 0 Å². The fourth-order valence-corrected chi connectivity index (χ4v) is 5.07. The van der Waals surface area contributed by atoms with Crippen molar-refractivity contribution in [3.05, 3.63) is 52.5 Å². The third kappa shape index (κ3) is 6.62. The first-order chi connectivity index (χ1) is 16.9. The number of rotatable bonds is 8. The first-order valence-corrected chi connectivity index (χ1v) is 13.2. The predicted molar refractivity (Wildman–Crippen MR) is 145 cm³/mol. The van der Waals surface area contributed by atoms with Gasteiger partial charge < -0.3 is 24.3 Å². The lowest BCUT2D eigenvalue weighted by atomic mass is 10.1. The quantitative estimate of drug-likeness (QED) is 0.497. The smallest absolute Gasteiger partial charge is 0.222 e. The summed E-state index contributed by atoms with van der Waals surface area (Å²) in [7, 11) is 2.15. The number of benzene rings is 2. The fraction of sp³-hybridized carbons (Fsp3) is 0.536. The normalized spacial score (nSPS) is 17.1. The summed E-state index contributed by atoms with van der Waals surface area (Å²) in [4.78, 5) is 21.9. The van der Waals surface area contributed by atoms with Gasteiger partial charge in [-0.1, -0.05) is 23.7 Å². The maximum atomic E-state index is 12.8. The number of aryl methyl sites for hydroxylation is 1. The second kappa shape index (κ2) is 12.0. The number of halogens is 1. The lowest BCUT2D eigenvalue weighted by molar-refractivity contribution is -0.131. The highest BCUT2D eigenvalue weighted by molar-refractivity contribution is 6.30. The van der Waals surface area contributed by atoms with Crippen molar-refractivity contribution in [3.8, 4) is 5.75 Å². The van der Waals surface area contributed by atoms with Crippen molar-refractivity contribution < 1.29 is 9.53 Å². The van der Waals surface area contributed by atoms with Crippen LogP contribution in [0.25, 0.3) is 0 Å². The third-order valence-corrected chi connectivity index (χ3v) is 7.59. The highest BCUT2D eigenvalue weighted by atomic mass is 35.5. The van der Waals surface area contributed by atoms with Gasteiger partial charge in [-0.3, -0.25) is 4.79 Å². The molecule has 0 aromatic heterocycles. The molecule has 2 heterocycles. The molecule has 0 bridgehead atoms. The van der Waals surface area contributed by atoms with Crippen LogP contribution in [0, 0.1) is 13.8 Å². The Morgan fingerprint density at radius 1 is 0.886 bits per heavy atom. The van der Waals surface area contributed by atoms with E-state index < -0.39 is 0 Å². The molecule has 0 radical (unpaired) electrons. The predicted octanol–water partition coefficient (Wildman–Crippen LogP) is 4.61. The van der Waals surface area contributed by atoms with Crippen LogP contribution < -0.4 is 14.5 Å². The number of piperazine rings is 2. The highest BCUT2D eigenvalue weighted by Crippen LogP contribution is 2.32. The second-order valence-electron chi connectivity index (χ2n) is 9.79. The summed E-state index contributed by atoms with van der Waals surface area (Å²) in [5.74, 6) is 1.14. The minimum absolute atomic E-state index is 0.259. The van der Waals surface area contributed by atoms with Gasteiger partial charge in [0.15, 0.2) is 0 Å². The molecule has 2 aliphatic heterocycles. The first kappa shape index (κ1) is 25.6. The van der Waals surface area contributed by atoms with Crippen molar-refractivity contribution in [2.24, 2.45) is 0 Å². The molecule has 2 aromatic carbocycles. The first-order valence-electron chi connectivity index (χ1n) is 12.9. The van der Waals surface area contributed by atoms with Gasteiger partial charge in [0.2, 0.25) is 5.91 Å². The van der Waals surface area contributed by atoms with Crippen LogP contribution in [0.4, 0.5) is 11.4 Å². The van der Waals surface area contributed by atoms with Crippen LogP contribution in [-0.2, 0) is 4.79 Å². The van der Waals surface area contributed by atoms with Crippen molar-refractivity contribution in [3.63, 3.8) is 0 Å². The van der Waals surface area contributed by atoms with Crippen LogP contribution >= 0.6 is 11.6 Å². The molecule has 0 N–H and O–H groups in total. The van der Waals surface area contributed by atoms with Crippen LogP contribution in [0.1, 0.15) is 30.4 Å². The van der Waals surface area contributed by atoms with Crippen molar-refractivity contribution >= 4 is 28.9 Å². The van der Waals surface area contributed by atoms with Crippen molar-refractivity contribution in [2.75, 3.05) is 75.8 Å². The van der Waals surface area contributed by atoms with Gasteiger partial charge in [0.05, 0.1) is 12.3 Å². The Morgan fingerprint density at radius 2 is 1.57 bits per heavy atom. The molecule has 6 nitrogen and oxygen atoms in total. The summed E-state index contributed by atoms with van der Waals surface area (Å²) < 4.78 is 6.14. The van der Waals surface area contributed by atoms with Crippen molar-refractivity contribution in [1.29, 1.82) is 0 Å². The summed E-state index contributed by atoms with van der Waals surface area (Å²) in [5, 5.41) is 0.731. The van der Waals surface area contributed by atoms with Crippen LogP contribution in [0.2, 0.25) is 5.02 Å².